The SMILES string of the molecule is C/C=C\CCOc1ccc(-c2ccc(-c3ccc(C4CCC(CBO)OC4)c(F)c3F)cc2)c(F)c1F. The maximum atomic E-state index is 15.1. The van der Waals surface area contributed by atoms with Crippen LogP contribution in [-0.4, -0.2) is 31.8 Å². The van der Waals surface area contributed by atoms with Crippen LogP contribution in [0, 0.1) is 23.3 Å². The standard InChI is InChI=1S/C29H29BF4O3/c1-2-3-4-15-36-25-14-13-23(28(33)29(25)34)19-7-5-18(6-8-19)22-11-12-24(27(32)26(22)31)20-9-10-21(16-30-35)37-17-20/h2-3,5-8,11-14,20-21,30,35H,4,9-10,15-17H2,1H3/b3-2-. The van der Waals surface area contributed by atoms with Gasteiger partial charge in [-0.2, -0.15) is 4.39 Å². The number of rotatable bonds is 9. The van der Waals surface area contributed by atoms with E-state index >= 15 is 8.78 Å². The Morgan fingerprint density at radius 3 is 2.14 bits per heavy atom. The molecular weight excluding hydrogens is 483 g/mol. The lowest BCUT2D eigenvalue weighted by molar-refractivity contribution is 0.0138. The highest BCUT2D eigenvalue weighted by Crippen LogP contribution is 2.36. The van der Waals surface area contributed by atoms with Crippen molar-refractivity contribution in [3.8, 4) is 28.0 Å². The Morgan fingerprint density at radius 1 is 0.892 bits per heavy atom. The topological polar surface area (TPSA) is 38.7 Å². The molecule has 8 heteroatoms. The molecule has 1 aliphatic heterocycles. The lowest BCUT2D eigenvalue weighted by atomic mass is 9.84. The van der Waals surface area contributed by atoms with Gasteiger partial charge in [0.15, 0.2) is 23.2 Å². The lowest BCUT2D eigenvalue weighted by Crippen LogP contribution is -2.26. The zero-order valence-electron chi connectivity index (χ0n) is 20.7. The highest BCUT2D eigenvalue weighted by Gasteiger charge is 2.27. The zero-order chi connectivity index (χ0) is 26.4. The summed E-state index contributed by atoms with van der Waals surface area (Å²) in [6, 6.07) is 12.1. The van der Waals surface area contributed by atoms with Gasteiger partial charge in [-0.05, 0) is 61.3 Å². The molecule has 0 aliphatic carbocycles. The van der Waals surface area contributed by atoms with Crippen LogP contribution in [0.2, 0.25) is 6.32 Å². The van der Waals surface area contributed by atoms with E-state index in [-0.39, 0.29) is 55.2 Å². The second-order valence-electron chi connectivity index (χ2n) is 9.09. The summed E-state index contributed by atoms with van der Waals surface area (Å²) in [4.78, 5) is 0. The number of hydrogen-bond acceptors (Lipinski definition) is 3. The van der Waals surface area contributed by atoms with Gasteiger partial charge < -0.3 is 14.5 Å². The van der Waals surface area contributed by atoms with Crippen LogP contribution in [0.1, 0.15) is 37.7 Å². The van der Waals surface area contributed by atoms with E-state index in [1.54, 1.807) is 30.3 Å². The molecular formula is C29H29BF4O3. The summed E-state index contributed by atoms with van der Waals surface area (Å²) in [6.45, 7) is 2.37. The Kier molecular flexibility index (Phi) is 9.06. The van der Waals surface area contributed by atoms with Crippen LogP contribution in [0.4, 0.5) is 17.6 Å². The Morgan fingerprint density at radius 2 is 1.54 bits per heavy atom. The van der Waals surface area contributed by atoms with Crippen LogP contribution in [-0.2, 0) is 4.74 Å². The predicted molar refractivity (Wildman–Crippen MR) is 138 cm³/mol. The Labute approximate surface area is 215 Å². The molecule has 194 valence electrons. The van der Waals surface area contributed by atoms with Gasteiger partial charge >= 0.3 is 0 Å². The average Bonchev–Trinajstić information content (AvgIpc) is 2.91. The molecule has 37 heavy (non-hydrogen) atoms. The van der Waals surface area contributed by atoms with E-state index in [1.807, 2.05) is 19.1 Å². The van der Waals surface area contributed by atoms with Crippen LogP contribution >= 0.6 is 0 Å². The predicted octanol–water partition coefficient (Wildman–Crippen LogP) is 6.95. The summed E-state index contributed by atoms with van der Waals surface area (Å²) in [5, 5.41) is 9.05. The van der Waals surface area contributed by atoms with Gasteiger partial charge in [0.05, 0.1) is 19.3 Å². The molecule has 0 radical (unpaired) electrons. The first-order valence-electron chi connectivity index (χ1n) is 12.5. The van der Waals surface area contributed by atoms with Crippen molar-refractivity contribution in [1.82, 2.24) is 0 Å². The fraction of sp³-hybridized carbons (Fsp3) is 0.310. The number of ether oxygens (including phenoxy) is 2. The van der Waals surface area contributed by atoms with Gasteiger partial charge in [0.2, 0.25) is 5.82 Å². The molecule has 2 unspecified atom stereocenters. The minimum Gasteiger partial charge on any atom is -0.490 e. The van der Waals surface area contributed by atoms with Crippen molar-refractivity contribution in [2.24, 2.45) is 0 Å². The summed E-state index contributed by atoms with van der Waals surface area (Å²) in [7, 11) is 0.0320. The van der Waals surface area contributed by atoms with E-state index in [2.05, 4.69) is 0 Å². The van der Waals surface area contributed by atoms with E-state index in [1.165, 1.54) is 18.2 Å². The lowest BCUT2D eigenvalue weighted by Gasteiger charge is -2.29. The van der Waals surface area contributed by atoms with Crippen LogP contribution in [0.15, 0.2) is 60.7 Å². The van der Waals surface area contributed by atoms with Crippen LogP contribution in [0.3, 0.4) is 0 Å². The highest BCUT2D eigenvalue weighted by atomic mass is 19.2. The molecule has 2 atom stereocenters. The molecule has 1 heterocycles. The van der Waals surface area contributed by atoms with Gasteiger partial charge in [-0.1, -0.05) is 48.6 Å². The normalized spacial score (nSPS) is 17.8. The maximum absolute atomic E-state index is 15.1. The Balaban J connectivity index is 1.50. The van der Waals surface area contributed by atoms with Gasteiger partial charge in [-0.15, -0.1) is 0 Å². The monoisotopic (exact) mass is 512 g/mol. The first kappa shape index (κ1) is 27.0. The Bertz CT molecular complexity index is 1240. The van der Waals surface area contributed by atoms with Gasteiger partial charge in [0, 0.05) is 17.0 Å². The summed E-state index contributed by atoms with van der Waals surface area (Å²) in [5.41, 5.74) is 1.21. The molecule has 1 N–H and O–H groups in total. The fourth-order valence-corrected chi connectivity index (χ4v) is 4.62. The molecule has 1 fully saturated rings. The van der Waals surface area contributed by atoms with Crippen molar-refractivity contribution in [3.63, 3.8) is 0 Å². The van der Waals surface area contributed by atoms with Crippen LogP contribution in [0.25, 0.3) is 22.3 Å². The van der Waals surface area contributed by atoms with Gasteiger partial charge in [0.25, 0.3) is 7.48 Å². The molecule has 3 nitrogen and oxygen atoms in total. The van der Waals surface area contributed by atoms with E-state index < -0.39 is 23.3 Å². The molecule has 3 aromatic carbocycles. The third kappa shape index (κ3) is 6.08. The van der Waals surface area contributed by atoms with Gasteiger partial charge in [-0.25, -0.2) is 13.2 Å². The minimum atomic E-state index is -1.07. The maximum Gasteiger partial charge on any atom is 0.273 e. The smallest absolute Gasteiger partial charge is 0.273 e. The number of hydrogen-bond donors (Lipinski definition) is 1. The third-order valence-corrected chi connectivity index (χ3v) is 6.70. The number of allylic oxidation sites excluding steroid dienone is 1. The first-order chi connectivity index (χ1) is 17.9. The van der Waals surface area contributed by atoms with Crippen molar-refractivity contribution in [3.05, 3.63) is 89.5 Å². The molecule has 0 aromatic heterocycles. The molecule has 0 amide bonds. The van der Waals surface area contributed by atoms with E-state index in [9.17, 15) is 8.78 Å². The molecule has 3 aromatic rings. The summed E-state index contributed by atoms with van der Waals surface area (Å²) >= 11 is 0. The fourth-order valence-electron chi connectivity index (χ4n) is 4.62. The van der Waals surface area contributed by atoms with Gasteiger partial charge in [0.1, 0.15) is 0 Å². The van der Waals surface area contributed by atoms with Crippen LogP contribution < -0.4 is 4.74 Å². The summed E-state index contributed by atoms with van der Waals surface area (Å²) < 4.78 is 70.3. The van der Waals surface area contributed by atoms with E-state index in [0.29, 0.717) is 36.7 Å². The molecule has 0 spiro atoms. The molecule has 0 bridgehead atoms. The number of benzene rings is 3. The second kappa shape index (κ2) is 12.4. The minimum absolute atomic E-state index is 0.0320. The average molecular weight is 512 g/mol. The largest absolute Gasteiger partial charge is 0.490 e. The van der Waals surface area contributed by atoms with Crippen LogP contribution in [0.5, 0.6) is 5.75 Å². The second-order valence-corrected chi connectivity index (χ2v) is 9.09. The molecule has 1 saturated heterocycles. The molecule has 4 rings (SSSR count). The highest BCUT2D eigenvalue weighted by molar-refractivity contribution is 6.25. The first-order valence-corrected chi connectivity index (χ1v) is 12.5. The zero-order valence-corrected chi connectivity index (χ0v) is 20.7. The number of halogens is 4. The van der Waals surface area contributed by atoms with Gasteiger partial charge in [-0.3, -0.25) is 0 Å². The van der Waals surface area contributed by atoms with Crippen molar-refractivity contribution >= 4 is 7.48 Å². The van der Waals surface area contributed by atoms with Crippen molar-refractivity contribution in [2.75, 3.05) is 13.2 Å². The summed E-state index contributed by atoms with van der Waals surface area (Å²) in [6.07, 6.45) is 6.10. The van der Waals surface area contributed by atoms with Crippen molar-refractivity contribution < 1.29 is 32.1 Å². The summed E-state index contributed by atoms with van der Waals surface area (Å²) in [5.74, 6) is -4.39. The third-order valence-electron chi connectivity index (χ3n) is 6.70. The molecule has 1 aliphatic rings. The van der Waals surface area contributed by atoms with E-state index in [0.717, 1.165) is 0 Å². The van der Waals surface area contributed by atoms with E-state index in [4.69, 9.17) is 14.5 Å². The quantitative estimate of drug-likeness (QED) is 0.146. The van der Waals surface area contributed by atoms with Crippen molar-refractivity contribution in [2.45, 2.75) is 44.5 Å². The van der Waals surface area contributed by atoms with Crippen molar-refractivity contribution in [1.29, 1.82) is 0 Å². The molecule has 0 saturated carbocycles. The Hall–Kier alpha value is -3.10.